The minimum absolute atomic E-state index is 0.321. The van der Waals surface area contributed by atoms with Crippen LogP contribution in [0.1, 0.15) is 13.3 Å². The molecule has 0 amide bonds. The number of likely N-dealkylation sites (N-methyl/N-ethyl adjacent to an activating group) is 1. The van der Waals surface area contributed by atoms with Crippen LogP contribution in [0.15, 0.2) is 0 Å². The first-order valence-electron chi connectivity index (χ1n) is 4.24. The van der Waals surface area contributed by atoms with Crippen LogP contribution >= 0.6 is 0 Å². The Morgan fingerprint density at radius 3 is 2.45 bits per heavy atom. The molecule has 0 aromatic rings. The number of nitrogens with zero attached hydrogens (tertiary/aromatic N) is 1. The van der Waals surface area contributed by atoms with Crippen molar-refractivity contribution in [1.29, 1.82) is 0 Å². The molecule has 0 fully saturated rings. The van der Waals surface area contributed by atoms with E-state index >= 15 is 0 Å². The SMILES string of the molecule is CC(N)CCNCCN(C)C. The predicted octanol–water partition coefficient (Wildman–Crippen LogP) is -0.125. The maximum absolute atomic E-state index is 5.58. The lowest BCUT2D eigenvalue weighted by atomic mass is 10.2. The molecule has 3 heteroatoms. The zero-order chi connectivity index (χ0) is 8.69. The predicted molar refractivity (Wildman–Crippen MR) is 49.7 cm³/mol. The van der Waals surface area contributed by atoms with Crippen molar-refractivity contribution in [2.75, 3.05) is 33.7 Å². The molecule has 1 atom stereocenters. The van der Waals surface area contributed by atoms with Crippen LogP contribution in [-0.4, -0.2) is 44.7 Å². The first-order valence-corrected chi connectivity index (χ1v) is 4.24. The second-order valence-corrected chi connectivity index (χ2v) is 3.32. The lowest BCUT2D eigenvalue weighted by Crippen LogP contribution is -2.29. The molecule has 0 aliphatic heterocycles. The molecule has 0 heterocycles. The van der Waals surface area contributed by atoms with Crippen molar-refractivity contribution in [3.8, 4) is 0 Å². The highest BCUT2D eigenvalue weighted by Gasteiger charge is 1.93. The molecule has 3 nitrogen and oxygen atoms in total. The summed E-state index contributed by atoms with van der Waals surface area (Å²) in [7, 11) is 4.15. The summed E-state index contributed by atoms with van der Waals surface area (Å²) in [6.07, 6.45) is 1.06. The third kappa shape index (κ3) is 9.88. The average molecular weight is 159 g/mol. The van der Waals surface area contributed by atoms with Crippen molar-refractivity contribution in [3.63, 3.8) is 0 Å². The van der Waals surface area contributed by atoms with E-state index in [1.54, 1.807) is 0 Å². The quantitative estimate of drug-likeness (QED) is 0.531. The molecule has 11 heavy (non-hydrogen) atoms. The van der Waals surface area contributed by atoms with E-state index in [1.807, 2.05) is 6.92 Å². The molecular weight excluding hydrogens is 138 g/mol. The molecule has 0 aromatic carbocycles. The lowest BCUT2D eigenvalue weighted by molar-refractivity contribution is 0.398. The molecule has 0 radical (unpaired) electrons. The molecule has 0 aliphatic rings. The van der Waals surface area contributed by atoms with Crippen molar-refractivity contribution in [3.05, 3.63) is 0 Å². The van der Waals surface area contributed by atoms with E-state index in [0.717, 1.165) is 26.1 Å². The number of nitrogens with one attached hydrogen (secondary N) is 1. The highest BCUT2D eigenvalue weighted by atomic mass is 15.1. The van der Waals surface area contributed by atoms with E-state index in [9.17, 15) is 0 Å². The van der Waals surface area contributed by atoms with Gasteiger partial charge in [-0.05, 0) is 34.0 Å². The summed E-state index contributed by atoms with van der Waals surface area (Å²) in [5.74, 6) is 0. The number of hydrogen-bond acceptors (Lipinski definition) is 3. The van der Waals surface area contributed by atoms with Crippen LogP contribution in [0.2, 0.25) is 0 Å². The average Bonchev–Trinajstić information content (AvgIpc) is 1.85. The minimum atomic E-state index is 0.321. The van der Waals surface area contributed by atoms with Gasteiger partial charge in [0.05, 0.1) is 0 Å². The van der Waals surface area contributed by atoms with Crippen LogP contribution in [-0.2, 0) is 0 Å². The Morgan fingerprint density at radius 1 is 1.36 bits per heavy atom. The van der Waals surface area contributed by atoms with Gasteiger partial charge in [-0.15, -0.1) is 0 Å². The van der Waals surface area contributed by atoms with Crippen LogP contribution in [0.4, 0.5) is 0 Å². The summed E-state index contributed by atoms with van der Waals surface area (Å²) in [6.45, 7) is 5.22. The number of hydrogen-bond donors (Lipinski definition) is 2. The summed E-state index contributed by atoms with van der Waals surface area (Å²) < 4.78 is 0. The van der Waals surface area contributed by atoms with Crippen LogP contribution in [0, 0.1) is 0 Å². The highest BCUT2D eigenvalue weighted by Crippen LogP contribution is 1.81. The van der Waals surface area contributed by atoms with Crippen LogP contribution in [0.5, 0.6) is 0 Å². The standard InChI is InChI=1S/C8H21N3/c1-8(9)4-5-10-6-7-11(2)3/h8,10H,4-7,9H2,1-3H3. The van der Waals surface area contributed by atoms with E-state index in [2.05, 4.69) is 24.3 Å². The normalized spacial score (nSPS) is 13.9. The Labute approximate surface area is 69.9 Å². The molecule has 0 rings (SSSR count). The summed E-state index contributed by atoms with van der Waals surface area (Å²) in [6, 6.07) is 0.321. The van der Waals surface area contributed by atoms with Crippen molar-refractivity contribution >= 4 is 0 Å². The Balaban J connectivity index is 2.91. The van der Waals surface area contributed by atoms with Crippen molar-refractivity contribution in [2.24, 2.45) is 5.73 Å². The third-order valence-corrected chi connectivity index (χ3v) is 1.51. The monoisotopic (exact) mass is 159 g/mol. The number of nitrogens with two attached hydrogens (primary N) is 1. The van der Waals surface area contributed by atoms with Gasteiger partial charge in [0.25, 0.3) is 0 Å². The van der Waals surface area contributed by atoms with E-state index in [1.165, 1.54) is 0 Å². The van der Waals surface area contributed by atoms with Gasteiger partial charge >= 0.3 is 0 Å². The maximum atomic E-state index is 5.58. The third-order valence-electron chi connectivity index (χ3n) is 1.51. The molecule has 0 saturated carbocycles. The van der Waals surface area contributed by atoms with Gasteiger partial charge in [0.2, 0.25) is 0 Å². The second kappa shape index (κ2) is 6.58. The van der Waals surface area contributed by atoms with Crippen molar-refractivity contribution in [2.45, 2.75) is 19.4 Å². The van der Waals surface area contributed by atoms with Crippen LogP contribution < -0.4 is 11.1 Å². The van der Waals surface area contributed by atoms with Crippen LogP contribution in [0.3, 0.4) is 0 Å². The summed E-state index contributed by atoms with van der Waals surface area (Å²) in [5, 5.41) is 3.33. The smallest absolute Gasteiger partial charge is 0.0101 e. The molecule has 68 valence electrons. The fourth-order valence-electron chi connectivity index (χ4n) is 0.757. The maximum Gasteiger partial charge on any atom is 0.0101 e. The molecular formula is C8H21N3. The van der Waals surface area contributed by atoms with Gasteiger partial charge < -0.3 is 16.0 Å². The molecule has 0 spiro atoms. The van der Waals surface area contributed by atoms with Crippen molar-refractivity contribution < 1.29 is 0 Å². The summed E-state index contributed by atoms with van der Waals surface area (Å²) in [4.78, 5) is 2.17. The van der Waals surface area contributed by atoms with Gasteiger partial charge in [0.1, 0.15) is 0 Å². The molecule has 0 aromatic heterocycles. The highest BCUT2D eigenvalue weighted by molar-refractivity contribution is 4.56. The van der Waals surface area contributed by atoms with E-state index in [0.29, 0.717) is 6.04 Å². The first-order chi connectivity index (χ1) is 5.13. The van der Waals surface area contributed by atoms with Gasteiger partial charge in [-0.25, -0.2) is 0 Å². The van der Waals surface area contributed by atoms with Gasteiger partial charge in [-0.1, -0.05) is 0 Å². The largest absolute Gasteiger partial charge is 0.328 e. The Hall–Kier alpha value is -0.120. The summed E-state index contributed by atoms with van der Waals surface area (Å²) in [5.41, 5.74) is 5.58. The zero-order valence-electron chi connectivity index (χ0n) is 7.93. The van der Waals surface area contributed by atoms with Gasteiger partial charge in [0, 0.05) is 19.1 Å². The summed E-state index contributed by atoms with van der Waals surface area (Å²) >= 11 is 0. The van der Waals surface area contributed by atoms with Gasteiger partial charge in [-0.3, -0.25) is 0 Å². The van der Waals surface area contributed by atoms with E-state index < -0.39 is 0 Å². The molecule has 0 saturated heterocycles. The second-order valence-electron chi connectivity index (χ2n) is 3.32. The zero-order valence-corrected chi connectivity index (χ0v) is 7.93. The first kappa shape index (κ1) is 10.9. The Kier molecular flexibility index (Phi) is 6.51. The lowest BCUT2D eigenvalue weighted by Gasteiger charge is -2.10. The topological polar surface area (TPSA) is 41.3 Å². The molecule has 3 N–H and O–H groups in total. The minimum Gasteiger partial charge on any atom is -0.328 e. The van der Waals surface area contributed by atoms with E-state index in [-0.39, 0.29) is 0 Å². The molecule has 0 bridgehead atoms. The Morgan fingerprint density at radius 2 is 2.00 bits per heavy atom. The van der Waals surface area contributed by atoms with Crippen LogP contribution in [0.25, 0.3) is 0 Å². The van der Waals surface area contributed by atoms with Gasteiger partial charge in [0.15, 0.2) is 0 Å². The van der Waals surface area contributed by atoms with E-state index in [4.69, 9.17) is 5.73 Å². The van der Waals surface area contributed by atoms with Crippen molar-refractivity contribution in [1.82, 2.24) is 10.2 Å². The number of rotatable bonds is 6. The fourth-order valence-corrected chi connectivity index (χ4v) is 0.757. The molecule has 1 unspecified atom stereocenters. The fraction of sp³-hybridized carbons (Fsp3) is 1.00. The Bertz CT molecular complexity index is 71.4. The van der Waals surface area contributed by atoms with Gasteiger partial charge in [-0.2, -0.15) is 0 Å². The molecule has 0 aliphatic carbocycles.